The monoisotopic (exact) mass is 518 g/mol. The third-order valence-corrected chi connectivity index (χ3v) is 5.64. The zero-order chi connectivity index (χ0) is 25.8. The lowest BCUT2D eigenvalue weighted by atomic mass is 10.2. The number of aryl methyl sites for hydroxylation is 1. The molecule has 0 bridgehead atoms. The van der Waals surface area contributed by atoms with Gasteiger partial charge >= 0.3 is 12.1 Å². The number of nitrogens with one attached hydrogen (secondary N) is 1. The van der Waals surface area contributed by atoms with Gasteiger partial charge in [-0.05, 0) is 56.3 Å². The van der Waals surface area contributed by atoms with Gasteiger partial charge in [0.2, 0.25) is 10.0 Å². The lowest BCUT2D eigenvalue weighted by Crippen LogP contribution is -2.21. The Bertz CT molecular complexity index is 1320. The Kier molecular flexibility index (Phi) is 8.08. The Morgan fingerprint density at radius 2 is 1.68 bits per heavy atom. The number of aromatic nitrogens is 2. The number of carbonyl (C=O) groups excluding carboxylic acids is 1. The van der Waals surface area contributed by atoms with E-state index in [1.165, 1.54) is 12.1 Å². The van der Waals surface area contributed by atoms with Crippen LogP contribution in [0.1, 0.15) is 21.7 Å². The number of imidazole rings is 1. The number of aliphatic carboxylic acids is 1. The van der Waals surface area contributed by atoms with Crippen LogP contribution in [-0.4, -0.2) is 41.1 Å². The molecule has 4 N–H and O–H groups in total. The zero-order valence-electron chi connectivity index (χ0n) is 17.6. The average Bonchev–Trinajstić information content (AvgIpc) is 3.06. The van der Waals surface area contributed by atoms with Crippen molar-refractivity contribution in [1.82, 2.24) is 9.55 Å². The van der Waals surface area contributed by atoms with E-state index in [1.54, 1.807) is 18.5 Å². The Hall–Kier alpha value is -3.42. The Morgan fingerprint density at radius 1 is 1.12 bits per heavy atom. The van der Waals surface area contributed by atoms with E-state index in [-0.39, 0.29) is 15.5 Å². The molecule has 34 heavy (non-hydrogen) atoms. The number of anilines is 1. The van der Waals surface area contributed by atoms with Crippen molar-refractivity contribution in [3.8, 4) is 5.69 Å². The summed E-state index contributed by atoms with van der Waals surface area (Å²) in [5.41, 5.74) is 3.62. The summed E-state index contributed by atoms with van der Waals surface area (Å²) in [7, 11) is -3.88. The van der Waals surface area contributed by atoms with E-state index in [2.05, 4.69) is 10.3 Å². The number of carbonyl (C=O) groups is 2. The molecule has 0 aliphatic carbocycles. The standard InChI is InChI=1S/C18H17ClN4O3S.C2HF3O2/c1-11-12(2)23(10-21-11)14-5-3-13(4-6-14)22-18(24)16-8-7-15(9-17(16)19)27(20,25)26;3-2(4,5)1(6)7/h3-10H,1-2H3,(H,22,24)(H2,20,25,26);(H,6,7). The highest BCUT2D eigenvalue weighted by molar-refractivity contribution is 7.89. The van der Waals surface area contributed by atoms with Crippen molar-refractivity contribution >= 4 is 39.2 Å². The number of nitrogens with two attached hydrogens (primary N) is 1. The number of rotatable bonds is 4. The normalized spacial score (nSPS) is 11.4. The number of nitrogens with zero attached hydrogens (tertiary/aromatic N) is 2. The van der Waals surface area contributed by atoms with Crippen LogP contribution >= 0.6 is 11.6 Å². The van der Waals surface area contributed by atoms with Gasteiger partial charge < -0.3 is 15.0 Å². The van der Waals surface area contributed by atoms with Crippen molar-refractivity contribution in [3.63, 3.8) is 0 Å². The van der Waals surface area contributed by atoms with Crippen LogP contribution < -0.4 is 10.5 Å². The van der Waals surface area contributed by atoms with Crippen molar-refractivity contribution in [1.29, 1.82) is 0 Å². The van der Waals surface area contributed by atoms with E-state index in [1.807, 2.05) is 30.5 Å². The highest BCUT2D eigenvalue weighted by Crippen LogP contribution is 2.22. The summed E-state index contributed by atoms with van der Waals surface area (Å²) in [5.74, 6) is -3.21. The number of halogens is 4. The topological polar surface area (TPSA) is 144 Å². The molecule has 0 aliphatic heterocycles. The lowest BCUT2D eigenvalue weighted by molar-refractivity contribution is -0.192. The molecule has 1 aromatic heterocycles. The highest BCUT2D eigenvalue weighted by atomic mass is 35.5. The van der Waals surface area contributed by atoms with Crippen LogP contribution in [0.4, 0.5) is 18.9 Å². The first-order valence-corrected chi connectivity index (χ1v) is 11.1. The minimum atomic E-state index is -5.08. The molecule has 0 saturated carbocycles. The lowest BCUT2D eigenvalue weighted by Gasteiger charge is -2.10. The van der Waals surface area contributed by atoms with Crippen LogP contribution in [0.15, 0.2) is 53.7 Å². The number of hydrogen-bond donors (Lipinski definition) is 3. The number of amides is 1. The predicted octanol–water partition coefficient (Wildman–Crippen LogP) is 3.68. The van der Waals surface area contributed by atoms with Crippen molar-refractivity contribution in [2.75, 3.05) is 5.32 Å². The summed E-state index contributed by atoms with van der Waals surface area (Å²) >= 11 is 6.03. The second-order valence-corrected chi connectivity index (χ2v) is 8.74. The van der Waals surface area contributed by atoms with E-state index in [0.717, 1.165) is 23.1 Å². The Balaban J connectivity index is 0.000000509. The van der Waals surface area contributed by atoms with Crippen LogP contribution in [-0.2, 0) is 14.8 Å². The van der Waals surface area contributed by atoms with Crippen LogP contribution in [0.25, 0.3) is 5.69 Å². The number of carboxylic acids is 1. The van der Waals surface area contributed by atoms with Gasteiger partial charge in [0, 0.05) is 17.1 Å². The summed E-state index contributed by atoms with van der Waals surface area (Å²) in [6.45, 7) is 3.91. The fourth-order valence-electron chi connectivity index (χ4n) is 2.52. The van der Waals surface area contributed by atoms with Gasteiger partial charge in [0.15, 0.2) is 0 Å². The van der Waals surface area contributed by atoms with Crippen molar-refractivity contribution in [3.05, 3.63) is 70.8 Å². The van der Waals surface area contributed by atoms with Crippen molar-refractivity contribution < 1.29 is 36.3 Å². The Morgan fingerprint density at radius 3 is 2.09 bits per heavy atom. The minimum Gasteiger partial charge on any atom is -0.475 e. The number of sulfonamides is 1. The van der Waals surface area contributed by atoms with Gasteiger partial charge in [-0.1, -0.05) is 11.6 Å². The molecule has 0 unspecified atom stereocenters. The molecule has 0 spiro atoms. The number of primary sulfonamides is 1. The number of carboxylic acid groups (broad SMARTS) is 1. The maximum Gasteiger partial charge on any atom is 0.490 e. The third kappa shape index (κ3) is 6.79. The van der Waals surface area contributed by atoms with Crippen molar-refractivity contribution in [2.45, 2.75) is 24.9 Å². The average molecular weight is 519 g/mol. The third-order valence-electron chi connectivity index (χ3n) is 4.41. The van der Waals surface area contributed by atoms with Gasteiger partial charge in [-0.15, -0.1) is 0 Å². The van der Waals surface area contributed by atoms with Gasteiger partial charge in [0.05, 0.1) is 27.5 Å². The quantitative estimate of drug-likeness (QED) is 0.480. The predicted molar refractivity (Wildman–Crippen MR) is 118 cm³/mol. The summed E-state index contributed by atoms with van der Waals surface area (Å²) < 4.78 is 56.4. The first-order valence-electron chi connectivity index (χ1n) is 9.16. The number of hydrogen-bond acceptors (Lipinski definition) is 5. The van der Waals surface area contributed by atoms with Gasteiger partial charge in [-0.2, -0.15) is 13.2 Å². The molecule has 182 valence electrons. The first-order chi connectivity index (χ1) is 15.6. The zero-order valence-corrected chi connectivity index (χ0v) is 19.2. The molecule has 2 aromatic carbocycles. The molecular formula is C20H18ClF3N4O5S. The van der Waals surface area contributed by atoms with Gasteiger partial charge in [0.25, 0.3) is 5.91 Å². The van der Waals surface area contributed by atoms with Crippen LogP contribution in [0.5, 0.6) is 0 Å². The Labute approximate surface area is 197 Å². The van der Waals surface area contributed by atoms with Gasteiger partial charge in [-0.25, -0.2) is 23.3 Å². The van der Waals surface area contributed by atoms with E-state index in [9.17, 15) is 26.4 Å². The largest absolute Gasteiger partial charge is 0.490 e. The maximum atomic E-state index is 12.4. The molecule has 3 aromatic rings. The van der Waals surface area contributed by atoms with Gasteiger partial charge in [0.1, 0.15) is 0 Å². The van der Waals surface area contributed by atoms with Gasteiger partial charge in [-0.3, -0.25) is 4.79 Å². The molecule has 1 amide bonds. The van der Waals surface area contributed by atoms with E-state index in [0.29, 0.717) is 5.69 Å². The summed E-state index contributed by atoms with van der Waals surface area (Å²) in [6.07, 6.45) is -3.34. The summed E-state index contributed by atoms with van der Waals surface area (Å²) in [6, 6.07) is 10.9. The molecular weight excluding hydrogens is 501 g/mol. The molecule has 3 rings (SSSR count). The van der Waals surface area contributed by atoms with E-state index < -0.39 is 28.1 Å². The summed E-state index contributed by atoms with van der Waals surface area (Å²) in [4.78, 5) is 25.4. The molecule has 9 nitrogen and oxygen atoms in total. The fourth-order valence-corrected chi connectivity index (χ4v) is 3.39. The van der Waals surface area contributed by atoms with Crippen LogP contribution in [0.2, 0.25) is 5.02 Å². The molecule has 0 aliphatic rings. The number of benzene rings is 2. The second kappa shape index (κ2) is 10.2. The minimum absolute atomic E-state index is 0.000149. The smallest absolute Gasteiger partial charge is 0.475 e. The van der Waals surface area contributed by atoms with E-state index >= 15 is 0 Å². The first kappa shape index (κ1) is 26.8. The molecule has 0 fully saturated rings. The van der Waals surface area contributed by atoms with Crippen LogP contribution in [0.3, 0.4) is 0 Å². The number of alkyl halides is 3. The molecule has 0 saturated heterocycles. The molecule has 14 heteroatoms. The van der Waals surface area contributed by atoms with E-state index in [4.69, 9.17) is 26.6 Å². The fraction of sp³-hybridized carbons (Fsp3) is 0.150. The molecule has 0 radical (unpaired) electrons. The maximum absolute atomic E-state index is 12.4. The second-order valence-electron chi connectivity index (χ2n) is 6.78. The SMILES string of the molecule is Cc1ncn(-c2ccc(NC(=O)c3ccc(S(N)(=O)=O)cc3Cl)cc2)c1C.O=C(O)C(F)(F)F. The van der Waals surface area contributed by atoms with Crippen molar-refractivity contribution in [2.24, 2.45) is 5.14 Å². The molecule has 1 heterocycles. The summed E-state index contributed by atoms with van der Waals surface area (Å²) in [5, 5.41) is 14.9. The molecule has 0 atom stereocenters. The highest BCUT2D eigenvalue weighted by Gasteiger charge is 2.38. The van der Waals surface area contributed by atoms with Crippen LogP contribution in [0, 0.1) is 13.8 Å².